The predicted octanol–water partition coefficient (Wildman–Crippen LogP) is 3.84. The van der Waals surface area contributed by atoms with E-state index in [1.165, 1.54) is 23.1 Å². The van der Waals surface area contributed by atoms with Gasteiger partial charge in [0.2, 0.25) is 5.91 Å². The summed E-state index contributed by atoms with van der Waals surface area (Å²) in [6.45, 7) is 4.10. The van der Waals surface area contributed by atoms with Crippen molar-refractivity contribution in [3.05, 3.63) is 52.1 Å². The van der Waals surface area contributed by atoms with Gasteiger partial charge in [0.05, 0.1) is 16.8 Å². The average molecular weight is 388 g/mol. The van der Waals surface area contributed by atoms with E-state index < -0.39 is 0 Å². The van der Waals surface area contributed by atoms with Gasteiger partial charge in [-0.1, -0.05) is 43.3 Å². The molecular weight excluding hydrogens is 366 g/mol. The molecule has 3 aromatic rings. The van der Waals surface area contributed by atoms with Crippen LogP contribution in [-0.4, -0.2) is 27.3 Å². The van der Waals surface area contributed by atoms with Crippen LogP contribution in [-0.2, 0) is 4.79 Å². The van der Waals surface area contributed by atoms with Crippen LogP contribution in [0, 0.1) is 0 Å². The molecule has 1 aromatic carbocycles. The largest absolute Gasteiger partial charge is 0.353 e. The Balaban J connectivity index is 1.90. The van der Waals surface area contributed by atoms with Gasteiger partial charge in [-0.25, -0.2) is 4.98 Å². The number of fused-ring (bicyclic) bond motifs is 1. The first-order valence-electron chi connectivity index (χ1n) is 8.58. The maximum absolute atomic E-state index is 12.9. The Bertz CT molecular complexity index is 950. The molecule has 0 aliphatic rings. The van der Waals surface area contributed by atoms with Crippen molar-refractivity contribution in [2.75, 3.05) is 5.75 Å². The molecule has 0 unspecified atom stereocenters. The van der Waals surface area contributed by atoms with Crippen molar-refractivity contribution in [3.8, 4) is 5.69 Å². The number of benzene rings is 1. The van der Waals surface area contributed by atoms with E-state index in [2.05, 4.69) is 17.2 Å². The fourth-order valence-corrected chi connectivity index (χ4v) is 4.38. The Kier molecular flexibility index (Phi) is 6.11. The monoisotopic (exact) mass is 387 g/mol. The summed E-state index contributed by atoms with van der Waals surface area (Å²) in [5.41, 5.74) is 0.644. The van der Waals surface area contributed by atoms with E-state index in [1.54, 1.807) is 10.6 Å². The highest BCUT2D eigenvalue weighted by molar-refractivity contribution is 7.99. The average Bonchev–Trinajstić information content (AvgIpc) is 3.10. The molecule has 7 heteroatoms. The zero-order valence-corrected chi connectivity index (χ0v) is 16.4. The minimum absolute atomic E-state index is 0.0453. The van der Waals surface area contributed by atoms with Gasteiger partial charge in [-0.2, -0.15) is 0 Å². The van der Waals surface area contributed by atoms with Crippen molar-refractivity contribution in [3.63, 3.8) is 0 Å². The van der Waals surface area contributed by atoms with Gasteiger partial charge in [-0.3, -0.25) is 14.2 Å². The van der Waals surface area contributed by atoms with Gasteiger partial charge in [0.15, 0.2) is 5.16 Å². The van der Waals surface area contributed by atoms with E-state index in [-0.39, 0.29) is 23.3 Å². The van der Waals surface area contributed by atoms with E-state index in [1.807, 2.05) is 42.6 Å². The van der Waals surface area contributed by atoms with E-state index in [4.69, 9.17) is 0 Å². The maximum Gasteiger partial charge on any atom is 0.267 e. The Morgan fingerprint density at radius 3 is 2.81 bits per heavy atom. The Morgan fingerprint density at radius 1 is 1.31 bits per heavy atom. The number of aromatic nitrogens is 2. The maximum atomic E-state index is 12.9. The molecule has 136 valence electrons. The topological polar surface area (TPSA) is 64.0 Å². The summed E-state index contributed by atoms with van der Waals surface area (Å²) in [5.74, 6) is 0.181. The third-order valence-corrected chi connectivity index (χ3v) is 5.69. The van der Waals surface area contributed by atoms with Crippen LogP contribution in [0.1, 0.15) is 26.7 Å². The highest BCUT2D eigenvalue weighted by Gasteiger charge is 2.16. The lowest BCUT2D eigenvalue weighted by Crippen LogP contribution is -2.33. The standard InChI is InChI=1S/C19H21N3O2S2/c1-3-7-13(2)20-16(23)12-26-19-21-17-15(10-11-25-17)18(24)22(19)14-8-5-4-6-9-14/h4-6,8-11,13H,3,7,12H2,1-2H3,(H,20,23)/t13-/m1/s1. The second kappa shape index (κ2) is 8.51. The molecule has 0 saturated carbocycles. The zero-order valence-electron chi connectivity index (χ0n) is 14.8. The summed E-state index contributed by atoms with van der Waals surface area (Å²) >= 11 is 2.72. The number of thiophene rings is 1. The number of rotatable bonds is 7. The van der Waals surface area contributed by atoms with Crippen LogP contribution in [0.5, 0.6) is 0 Å². The molecule has 1 atom stereocenters. The molecule has 5 nitrogen and oxygen atoms in total. The zero-order chi connectivity index (χ0) is 18.5. The molecule has 0 aliphatic carbocycles. The molecule has 2 aromatic heterocycles. The summed E-state index contributed by atoms with van der Waals surface area (Å²) in [5, 5.41) is 5.99. The van der Waals surface area contributed by atoms with Crippen LogP contribution >= 0.6 is 23.1 Å². The molecule has 26 heavy (non-hydrogen) atoms. The van der Waals surface area contributed by atoms with Gasteiger partial charge >= 0.3 is 0 Å². The van der Waals surface area contributed by atoms with Crippen molar-refractivity contribution < 1.29 is 4.79 Å². The Morgan fingerprint density at radius 2 is 2.08 bits per heavy atom. The van der Waals surface area contributed by atoms with Crippen LogP contribution < -0.4 is 10.9 Å². The Labute approximate surface area is 160 Å². The highest BCUT2D eigenvalue weighted by atomic mass is 32.2. The van der Waals surface area contributed by atoms with Crippen LogP contribution in [0.3, 0.4) is 0 Å². The van der Waals surface area contributed by atoms with Gasteiger partial charge in [0, 0.05) is 6.04 Å². The molecule has 0 spiro atoms. The quantitative estimate of drug-likeness (QED) is 0.494. The molecule has 0 radical (unpaired) electrons. The number of carbonyl (C=O) groups is 1. The fourth-order valence-electron chi connectivity index (χ4n) is 2.75. The molecule has 3 rings (SSSR count). The van der Waals surface area contributed by atoms with Gasteiger partial charge in [-0.15, -0.1) is 11.3 Å². The normalized spacial score (nSPS) is 12.2. The fraction of sp³-hybridized carbons (Fsp3) is 0.316. The van der Waals surface area contributed by atoms with Gasteiger partial charge < -0.3 is 5.32 Å². The molecule has 0 bridgehead atoms. The number of para-hydroxylation sites is 1. The first kappa shape index (κ1) is 18.7. The molecule has 0 saturated heterocycles. The SMILES string of the molecule is CCC[C@@H](C)NC(=O)CSc1nc2sccc2c(=O)n1-c1ccccc1. The summed E-state index contributed by atoms with van der Waals surface area (Å²) in [6, 6.07) is 11.4. The number of hydrogen-bond donors (Lipinski definition) is 1. The predicted molar refractivity (Wildman–Crippen MR) is 108 cm³/mol. The van der Waals surface area contributed by atoms with E-state index >= 15 is 0 Å². The minimum Gasteiger partial charge on any atom is -0.353 e. The van der Waals surface area contributed by atoms with E-state index in [0.29, 0.717) is 15.4 Å². The summed E-state index contributed by atoms with van der Waals surface area (Å²) in [6.07, 6.45) is 1.98. The van der Waals surface area contributed by atoms with Crippen LogP contribution in [0.25, 0.3) is 15.9 Å². The number of thioether (sulfide) groups is 1. The molecule has 0 aliphatic heterocycles. The van der Waals surface area contributed by atoms with Crippen molar-refractivity contribution in [1.29, 1.82) is 0 Å². The van der Waals surface area contributed by atoms with E-state index in [0.717, 1.165) is 18.5 Å². The smallest absolute Gasteiger partial charge is 0.267 e. The minimum atomic E-state index is -0.107. The van der Waals surface area contributed by atoms with Crippen molar-refractivity contribution in [1.82, 2.24) is 14.9 Å². The number of nitrogens with zero attached hydrogens (tertiary/aromatic N) is 2. The third kappa shape index (κ3) is 4.16. The van der Waals surface area contributed by atoms with Crippen LogP contribution in [0.2, 0.25) is 0 Å². The van der Waals surface area contributed by atoms with Gasteiger partial charge in [0.1, 0.15) is 4.83 Å². The lowest BCUT2D eigenvalue weighted by Gasteiger charge is -2.14. The summed E-state index contributed by atoms with van der Waals surface area (Å²) in [7, 11) is 0. The molecule has 1 amide bonds. The number of nitrogens with one attached hydrogen (secondary N) is 1. The first-order valence-corrected chi connectivity index (χ1v) is 10.4. The number of hydrogen-bond acceptors (Lipinski definition) is 5. The van der Waals surface area contributed by atoms with Gasteiger partial charge in [0.25, 0.3) is 5.56 Å². The highest BCUT2D eigenvalue weighted by Crippen LogP contribution is 2.23. The summed E-state index contributed by atoms with van der Waals surface area (Å²) in [4.78, 5) is 30.5. The van der Waals surface area contributed by atoms with Crippen LogP contribution in [0.15, 0.2) is 51.7 Å². The second-order valence-corrected chi connectivity index (χ2v) is 7.89. The molecular formula is C19H21N3O2S2. The van der Waals surface area contributed by atoms with Crippen molar-refractivity contribution in [2.24, 2.45) is 0 Å². The summed E-state index contributed by atoms with van der Waals surface area (Å²) < 4.78 is 1.59. The van der Waals surface area contributed by atoms with Crippen LogP contribution in [0.4, 0.5) is 0 Å². The lowest BCUT2D eigenvalue weighted by atomic mass is 10.2. The van der Waals surface area contributed by atoms with Crippen molar-refractivity contribution in [2.45, 2.75) is 37.9 Å². The van der Waals surface area contributed by atoms with Crippen molar-refractivity contribution >= 4 is 39.2 Å². The number of amides is 1. The molecule has 1 N–H and O–H groups in total. The Hall–Kier alpha value is -2.12. The molecule has 2 heterocycles. The molecule has 0 fully saturated rings. The number of carbonyl (C=O) groups excluding carboxylic acids is 1. The second-order valence-electron chi connectivity index (χ2n) is 6.06. The first-order chi connectivity index (χ1) is 12.6. The van der Waals surface area contributed by atoms with Gasteiger partial charge in [-0.05, 0) is 36.9 Å². The lowest BCUT2D eigenvalue weighted by molar-refractivity contribution is -0.119. The van der Waals surface area contributed by atoms with E-state index in [9.17, 15) is 9.59 Å². The third-order valence-electron chi connectivity index (χ3n) is 3.94.